The van der Waals surface area contributed by atoms with E-state index in [0.29, 0.717) is 19.6 Å². The maximum Gasteiger partial charge on any atom is 0.240 e. The smallest absolute Gasteiger partial charge is 0.240 e. The van der Waals surface area contributed by atoms with Crippen LogP contribution in [0.2, 0.25) is 0 Å². The van der Waals surface area contributed by atoms with Gasteiger partial charge in [-0.1, -0.05) is 10.3 Å². The second kappa shape index (κ2) is 5.70. The standard InChI is InChI=1S/C13H21N5O3/c1-10-11(16-21-15-10)8-17-3-5-18(6-4-17)13(12(14)19)2-7-20-9-13/h2-9H2,1H3,(H2,14,19). The minimum Gasteiger partial charge on any atom is -0.379 e. The minimum atomic E-state index is -0.614. The van der Waals surface area contributed by atoms with E-state index in [-0.39, 0.29) is 5.91 Å². The van der Waals surface area contributed by atoms with E-state index in [1.807, 2.05) is 6.92 Å². The van der Waals surface area contributed by atoms with Gasteiger partial charge in [-0.15, -0.1) is 0 Å². The van der Waals surface area contributed by atoms with Gasteiger partial charge in [0.15, 0.2) is 0 Å². The van der Waals surface area contributed by atoms with Gasteiger partial charge >= 0.3 is 0 Å². The van der Waals surface area contributed by atoms with Crippen LogP contribution in [0.5, 0.6) is 0 Å². The summed E-state index contributed by atoms with van der Waals surface area (Å²) in [5.74, 6) is -0.273. The highest BCUT2D eigenvalue weighted by atomic mass is 16.6. The fraction of sp³-hybridized carbons (Fsp3) is 0.769. The summed E-state index contributed by atoms with van der Waals surface area (Å²) in [5, 5.41) is 7.71. The molecule has 0 saturated carbocycles. The number of aromatic nitrogens is 2. The van der Waals surface area contributed by atoms with Gasteiger partial charge < -0.3 is 10.5 Å². The van der Waals surface area contributed by atoms with Gasteiger partial charge in [0, 0.05) is 45.8 Å². The van der Waals surface area contributed by atoms with Crippen LogP contribution in [0.25, 0.3) is 0 Å². The average molecular weight is 295 g/mol. The van der Waals surface area contributed by atoms with Gasteiger partial charge in [-0.3, -0.25) is 14.6 Å². The van der Waals surface area contributed by atoms with Crippen LogP contribution < -0.4 is 5.73 Å². The van der Waals surface area contributed by atoms with Crippen LogP contribution in [0.1, 0.15) is 17.8 Å². The van der Waals surface area contributed by atoms with Crippen LogP contribution in [-0.2, 0) is 16.1 Å². The van der Waals surface area contributed by atoms with Crippen LogP contribution in [0.3, 0.4) is 0 Å². The summed E-state index contributed by atoms with van der Waals surface area (Å²) >= 11 is 0. The van der Waals surface area contributed by atoms with E-state index < -0.39 is 5.54 Å². The minimum absolute atomic E-state index is 0.273. The largest absolute Gasteiger partial charge is 0.379 e. The quantitative estimate of drug-likeness (QED) is 0.772. The third kappa shape index (κ3) is 2.66. The van der Waals surface area contributed by atoms with Crippen molar-refractivity contribution in [2.75, 3.05) is 39.4 Å². The van der Waals surface area contributed by atoms with Gasteiger partial charge in [0.1, 0.15) is 16.9 Å². The molecule has 21 heavy (non-hydrogen) atoms. The van der Waals surface area contributed by atoms with Crippen molar-refractivity contribution in [3.05, 3.63) is 11.4 Å². The van der Waals surface area contributed by atoms with Gasteiger partial charge in [0.05, 0.1) is 6.61 Å². The molecule has 0 aliphatic carbocycles. The number of rotatable bonds is 4. The zero-order valence-corrected chi connectivity index (χ0v) is 12.2. The number of primary amides is 1. The normalized spacial score (nSPS) is 28.0. The number of nitrogens with two attached hydrogens (primary N) is 1. The van der Waals surface area contributed by atoms with Gasteiger partial charge in [-0.2, -0.15) is 0 Å². The van der Waals surface area contributed by atoms with Crippen LogP contribution in [0.15, 0.2) is 4.63 Å². The number of amides is 1. The number of piperazine rings is 1. The summed E-state index contributed by atoms with van der Waals surface area (Å²) in [7, 11) is 0. The van der Waals surface area contributed by atoms with E-state index in [2.05, 4.69) is 20.1 Å². The van der Waals surface area contributed by atoms with E-state index in [9.17, 15) is 4.79 Å². The van der Waals surface area contributed by atoms with E-state index >= 15 is 0 Å². The molecule has 1 aromatic rings. The Hall–Kier alpha value is -1.51. The van der Waals surface area contributed by atoms with Crippen molar-refractivity contribution in [2.45, 2.75) is 25.4 Å². The molecule has 0 spiro atoms. The van der Waals surface area contributed by atoms with Crippen molar-refractivity contribution in [3.63, 3.8) is 0 Å². The predicted molar refractivity (Wildman–Crippen MR) is 73.2 cm³/mol. The number of nitrogens with zero attached hydrogens (tertiary/aromatic N) is 4. The average Bonchev–Trinajstić information content (AvgIpc) is 3.11. The lowest BCUT2D eigenvalue weighted by atomic mass is 9.94. The Bertz CT molecular complexity index is 504. The van der Waals surface area contributed by atoms with E-state index in [1.54, 1.807) is 0 Å². The number of ether oxygens (including phenoxy) is 1. The number of hydrogen-bond donors (Lipinski definition) is 1. The SMILES string of the molecule is Cc1nonc1CN1CCN(C2(C(N)=O)CCOC2)CC1. The molecule has 2 N–H and O–H groups in total. The molecule has 8 heteroatoms. The van der Waals surface area contributed by atoms with Crippen molar-refractivity contribution >= 4 is 5.91 Å². The summed E-state index contributed by atoms with van der Waals surface area (Å²) in [6.45, 7) is 6.96. The number of carbonyl (C=O) groups is 1. The summed E-state index contributed by atoms with van der Waals surface area (Å²) in [5.41, 5.74) is 6.71. The van der Waals surface area contributed by atoms with Crippen molar-refractivity contribution in [1.29, 1.82) is 0 Å². The first kappa shape index (κ1) is 14.4. The first-order chi connectivity index (χ1) is 10.1. The van der Waals surface area contributed by atoms with Gasteiger partial charge in [0.2, 0.25) is 5.91 Å². The molecule has 2 saturated heterocycles. The Kier molecular flexibility index (Phi) is 3.92. The number of aryl methyl sites for hydroxylation is 1. The molecule has 2 aliphatic heterocycles. The van der Waals surface area contributed by atoms with Gasteiger partial charge in [-0.25, -0.2) is 4.63 Å². The molecule has 1 amide bonds. The zero-order valence-electron chi connectivity index (χ0n) is 12.2. The molecule has 3 heterocycles. The van der Waals surface area contributed by atoms with E-state index in [1.165, 1.54) is 0 Å². The van der Waals surface area contributed by atoms with Crippen molar-refractivity contribution in [2.24, 2.45) is 5.73 Å². The van der Waals surface area contributed by atoms with Crippen LogP contribution in [0.4, 0.5) is 0 Å². The van der Waals surface area contributed by atoms with Crippen LogP contribution in [-0.4, -0.2) is 71.0 Å². The summed E-state index contributed by atoms with van der Waals surface area (Å²) in [6.07, 6.45) is 0.689. The monoisotopic (exact) mass is 295 g/mol. The first-order valence-corrected chi connectivity index (χ1v) is 7.25. The predicted octanol–water partition coefficient (Wildman–Crippen LogP) is -0.860. The second-order valence-electron chi connectivity index (χ2n) is 5.76. The molecule has 0 aromatic carbocycles. The van der Waals surface area contributed by atoms with Crippen molar-refractivity contribution in [3.8, 4) is 0 Å². The molecule has 2 aliphatic rings. The second-order valence-corrected chi connectivity index (χ2v) is 5.76. The molecule has 116 valence electrons. The highest BCUT2D eigenvalue weighted by Gasteiger charge is 2.46. The van der Waals surface area contributed by atoms with E-state index in [0.717, 1.165) is 44.1 Å². The van der Waals surface area contributed by atoms with Crippen LogP contribution in [0, 0.1) is 6.92 Å². The molecule has 0 radical (unpaired) electrons. The Morgan fingerprint density at radius 3 is 2.62 bits per heavy atom. The zero-order chi connectivity index (χ0) is 14.9. The molecular formula is C13H21N5O3. The maximum absolute atomic E-state index is 11.9. The lowest BCUT2D eigenvalue weighted by Gasteiger charge is -2.43. The Balaban J connectivity index is 1.60. The Morgan fingerprint density at radius 1 is 1.33 bits per heavy atom. The molecule has 2 fully saturated rings. The third-order valence-corrected chi connectivity index (χ3v) is 4.56. The Labute approximate surface area is 123 Å². The highest BCUT2D eigenvalue weighted by molar-refractivity contribution is 5.85. The maximum atomic E-state index is 11.9. The fourth-order valence-electron chi connectivity index (χ4n) is 3.09. The fourth-order valence-corrected chi connectivity index (χ4v) is 3.09. The van der Waals surface area contributed by atoms with Crippen molar-refractivity contribution < 1.29 is 14.2 Å². The number of carbonyl (C=O) groups excluding carboxylic acids is 1. The summed E-state index contributed by atoms with van der Waals surface area (Å²) in [4.78, 5) is 16.3. The topological polar surface area (TPSA) is 97.7 Å². The number of hydrogen-bond acceptors (Lipinski definition) is 7. The summed E-state index contributed by atoms with van der Waals surface area (Å²) in [6, 6.07) is 0. The van der Waals surface area contributed by atoms with Gasteiger partial charge in [-0.05, 0) is 6.92 Å². The van der Waals surface area contributed by atoms with Gasteiger partial charge in [0.25, 0.3) is 0 Å². The molecular weight excluding hydrogens is 274 g/mol. The first-order valence-electron chi connectivity index (χ1n) is 7.25. The molecule has 0 bridgehead atoms. The lowest BCUT2D eigenvalue weighted by molar-refractivity contribution is -0.132. The molecule has 3 rings (SSSR count). The molecule has 8 nitrogen and oxygen atoms in total. The molecule has 1 aromatic heterocycles. The van der Waals surface area contributed by atoms with Crippen molar-refractivity contribution in [1.82, 2.24) is 20.1 Å². The molecule has 1 unspecified atom stereocenters. The Morgan fingerprint density at radius 2 is 2.10 bits per heavy atom. The lowest BCUT2D eigenvalue weighted by Crippen LogP contribution is -2.63. The summed E-state index contributed by atoms with van der Waals surface area (Å²) < 4.78 is 10.1. The van der Waals surface area contributed by atoms with E-state index in [4.69, 9.17) is 15.1 Å². The third-order valence-electron chi connectivity index (χ3n) is 4.56. The van der Waals surface area contributed by atoms with Crippen LogP contribution >= 0.6 is 0 Å². The molecule has 1 atom stereocenters. The highest BCUT2D eigenvalue weighted by Crippen LogP contribution is 2.27.